The second kappa shape index (κ2) is 11.1. The van der Waals surface area contributed by atoms with Gasteiger partial charge in [-0.15, -0.1) is 0 Å². The lowest BCUT2D eigenvalue weighted by Crippen LogP contribution is -3.11. The molecule has 2 atom stereocenters. The standard InChI is InChI=1S/C19H30ClN3O2/c1-14(2)8-7-9-15(3)21-18(24)12-23(4)13-19(25)22-17-11-6-5-10-16(17)20/h5-6,10-11,14-15H,7-9,12-13H2,1-4H3,(H,21,24)(H,22,25)/p+1/t15-/m0/s1. The van der Waals surface area contributed by atoms with Gasteiger partial charge in [0.15, 0.2) is 13.1 Å². The number of carbonyl (C=O) groups excluding carboxylic acids is 2. The maximum atomic E-state index is 12.1. The summed E-state index contributed by atoms with van der Waals surface area (Å²) >= 11 is 6.02. The van der Waals surface area contributed by atoms with Gasteiger partial charge in [0, 0.05) is 6.04 Å². The van der Waals surface area contributed by atoms with Gasteiger partial charge in [-0.1, -0.05) is 50.4 Å². The minimum absolute atomic E-state index is 0.0277. The van der Waals surface area contributed by atoms with E-state index in [1.807, 2.05) is 26.1 Å². The van der Waals surface area contributed by atoms with E-state index < -0.39 is 0 Å². The zero-order chi connectivity index (χ0) is 18.8. The number of hydrogen-bond acceptors (Lipinski definition) is 2. The molecule has 0 bridgehead atoms. The second-order valence-corrected chi connectivity index (χ2v) is 7.54. The molecule has 25 heavy (non-hydrogen) atoms. The lowest BCUT2D eigenvalue weighted by Gasteiger charge is -2.17. The summed E-state index contributed by atoms with van der Waals surface area (Å²) in [5, 5.41) is 6.28. The fourth-order valence-electron chi connectivity index (χ4n) is 2.60. The first-order chi connectivity index (χ1) is 11.8. The van der Waals surface area contributed by atoms with Crippen LogP contribution in [0, 0.1) is 5.92 Å². The van der Waals surface area contributed by atoms with Gasteiger partial charge in [0.2, 0.25) is 0 Å². The van der Waals surface area contributed by atoms with Crippen LogP contribution in [0.1, 0.15) is 40.0 Å². The second-order valence-electron chi connectivity index (χ2n) is 7.13. The summed E-state index contributed by atoms with van der Waals surface area (Å²) in [6.45, 7) is 6.91. The number of carbonyl (C=O) groups is 2. The molecule has 5 nitrogen and oxygen atoms in total. The van der Waals surface area contributed by atoms with E-state index in [1.165, 1.54) is 6.42 Å². The van der Waals surface area contributed by atoms with Crippen molar-refractivity contribution in [1.29, 1.82) is 0 Å². The summed E-state index contributed by atoms with van der Waals surface area (Å²) in [5.74, 6) is 0.499. The fourth-order valence-corrected chi connectivity index (χ4v) is 2.78. The molecule has 1 rings (SSSR count). The number of hydrogen-bond donors (Lipinski definition) is 3. The van der Waals surface area contributed by atoms with Crippen LogP contribution in [0.25, 0.3) is 0 Å². The van der Waals surface area contributed by atoms with Crippen molar-refractivity contribution in [3.8, 4) is 0 Å². The van der Waals surface area contributed by atoms with Gasteiger partial charge in [0.25, 0.3) is 11.8 Å². The molecule has 2 amide bonds. The van der Waals surface area contributed by atoms with Crippen LogP contribution in [0.4, 0.5) is 5.69 Å². The number of para-hydroxylation sites is 1. The number of amides is 2. The van der Waals surface area contributed by atoms with Crippen molar-refractivity contribution in [2.45, 2.75) is 46.1 Å². The molecule has 0 fully saturated rings. The van der Waals surface area contributed by atoms with Crippen LogP contribution in [-0.4, -0.2) is 38.0 Å². The normalized spacial score (nSPS) is 13.4. The number of quaternary nitrogens is 1. The third-order valence-electron chi connectivity index (χ3n) is 3.90. The van der Waals surface area contributed by atoms with E-state index in [0.717, 1.165) is 17.7 Å². The van der Waals surface area contributed by atoms with Gasteiger partial charge < -0.3 is 15.5 Å². The Hall–Kier alpha value is -1.59. The van der Waals surface area contributed by atoms with Gasteiger partial charge in [0.05, 0.1) is 17.8 Å². The zero-order valence-corrected chi connectivity index (χ0v) is 16.5. The first kappa shape index (κ1) is 21.5. The largest absolute Gasteiger partial charge is 0.349 e. The third-order valence-corrected chi connectivity index (χ3v) is 4.23. The van der Waals surface area contributed by atoms with E-state index in [1.54, 1.807) is 12.1 Å². The third kappa shape index (κ3) is 9.46. The van der Waals surface area contributed by atoms with Gasteiger partial charge >= 0.3 is 0 Å². The van der Waals surface area contributed by atoms with Crippen molar-refractivity contribution in [2.24, 2.45) is 5.92 Å². The Bertz CT molecular complexity index is 563. The molecule has 0 saturated carbocycles. The number of rotatable bonds is 10. The molecule has 1 unspecified atom stereocenters. The molecule has 0 aliphatic rings. The van der Waals surface area contributed by atoms with E-state index in [2.05, 4.69) is 24.5 Å². The highest BCUT2D eigenvalue weighted by atomic mass is 35.5. The highest BCUT2D eigenvalue weighted by molar-refractivity contribution is 6.33. The molecule has 0 aromatic heterocycles. The van der Waals surface area contributed by atoms with E-state index in [4.69, 9.17) is 11.6 Å². The monoisotopic (exact) mass is 368 g/mol. The minimum Gasteiger partial charge on any atom is -0.349 e. The van der Waals surface area contributed by atoms with Crippen molar-refractivity contribution in [3.05, 3.63) is 29.3 Å². The number of halogens is 1. The summed E-state index contributed by atoms with van der Waals surface area (Å²) in [4.78, 5) is 25.0. The predicted molar refractivity (Wildman–Crippen MR) is 103 cm³/mol. The molecular weight excluding hydrogens is 338 g/mol. The molecule has 140 valence electrons. The minimum atomic E-state index is -0.164. The fraction of sp³-hybridized carbons (Fsp3) is 0.579. The highest BCUT2D eigenvalue weighted by Crippen LogP contribution is 2.19. The van der Waals surface area contributed by atoms with Crippen LogP contribution in [0.15, 0.2) is 24.3 Å². The van der Waals surface area contributed by atoms with Gasteiger partial charge in [0.1, 0.15) is 0 Å². The van der Waals surface area contributed by atoms with Crippen molar-refractivity contribution >= 4 is 29.1 Å². The van der Waals surface area contributed by atoms with Crippen LogP contribution in [0.2, 0.25) is 5.02 Å². The van der Waals surface area contributed by atoms with Crippen LogP contribution >= 0.6 is 11.6 Å². The molecular formula is C19H31ClN3O2+. The van der Waals surface area contributed by atoms with E-state index >= 15 is 0 Å². The molecule has 1 aromatic rings. The first-order valence-corrected chi connectivity index (χ1v) is 9.30. The van der Waals surface area contributed by atoms with Gasteiger partial charge in [-0.2, -0.15) is 0 Å². The van der Waals surface area contributed by atoms with E-state index in [-0.39, 0.29) is 30.9 Å². The molecule has 0 heterocycles. The van der Waals surface area contributed by atoms with Crippen molar-refractivity contribution < 1.29 is 14.5 Å². The number of benzene rings is 1. The molecule has 0 saturated heterocycles. The maximum Gasteiger partial charge on any atom is 0.279 e. The molecule has 1 aromatic carbocycles. The molecule has 0 radical (unpaired) electrons. The molecule has 6 heteroatoms. The molecule has 3 N–H and O–H groups in total. The Morgan fingerprint density at radius 3 is 2.36 bits per heavy atom. The molecule has 0 spiro atoms. The topological polar surface area (TPSA) is 62.6 Å². The molecule has 0 aliphatic carbocycles. The van der Waals surface area contributed by atoms with E-state index in [9.17, 15) is 9.59 Å². The van der Waals surface area contributed by atoms with Gasteiger partial charge in [-0.25, -0.2) is 0 Å². The lowest BCUT2D eigenvalue weighted by molar-refractivity contribution is -0.862. The van der Waals surface area contributed by atoms with Crippen LogP contribution in [0.5, 0.6) is 0 Å². The van der Waals surface area contributed by atoms with Gasteiger partial charge in [-0.3, -0.25) is 9.59 Å². The average molecular weight is 369 g/mol. The highest BCUT2D eigenvalue weighted by Gasteiger charge is 2.16. The zero-order valence-electron chi connectivity index (χ0n) is 15.7. The Morgan fingerprint density at radius 2 is 1.72 bits per heavy atom. The molecule has 0 aliphatic heterocycles. The Labute approximate surface area is 156 Å². The van der Waals surface area contributed by atoms with Crippen molar-refractivity contribution in [1.82, 2.24) is 5.32 Å². The van der Waals surface area contributed by atoms with Gasteiger partial charge in [-0.05, 0) is 31.4 Å². The van der Waals surface area contributed by atoms with Crippen LogP contribution in [0.3, 0.4) is 0 Å². The maximum absolute atomic E-state index is 12.1. The Balaban J connectivity index is 2.30. The Kier molecular flexibility index (Phi) is 9.53. The summed E-state index contributed by atoms with van der Waals surface area (Å²) in [5.41, 5.74) is 0.588. The van der Waals surface area contributed by atoms with E-state index in [0.29, 0.717) is 16.6 Å². The average Bonchev–Trinajstić information content (AvgIpc) is 2.48. The van der Waals surface area contributed by atoms with Crippen molar-refractivity contribution in [2.75, 3.05) is 25.5 Å². The summed E-state index contributed by atoms with van der Waals surface area (Å²) < 4.78 is 0. The Morgan fingerprint density at radius 1 is 1.08 bits per heavy atom. The SMILES string of the molecule is CC(C)CCC[C@H](C)NC(=O)C[NH+](C)CC(=O)Nc1ccccc1Cl. The summed E-state index contributed by atoms with van der Waals surface area (Å²) in [7, 11) is 1.83. The smallest absolute Gasteiger partial charge is 0.279 e. The number of nitrogens with one attached hydrogen (secondary N) is 3. The lowest BCUT2D eigenvalue weighted by atomic mass is 10.0. The summed E-state index contributed by atoms with van der Waals surface area (Å²) in [6.07, 6.45) is 3.27. The number of anilines is 1. The predicted octanol–water partition coefficient (Wildman–Crippen LogP) is 2.12. The first-order valence-electron chi connectivity index (χ1n) is 8.93. The van der Waals surface area contributed by atoms with Crippen LogP contribution in [-0.2, 0) is 9.59 Å². The van der Waals surface area contributed by atoms with Crippen molar-refractivity contribution in [3.63, 3.8) is 0 Å². The van der Waals surface area contributed by atoms with Crippen LogP contribution < -0.4 is 15.5 Å². The quantitative estimate of drug-likeness (QED) is 0.592. The number of likely N-dealkylation sites (N-methyl/N-ethyl adjacent to an activating group) is 1. The summed E-state index contributed by atoms with van der Waals surface area (Å²) in [6, 6.07) is 7.26.